The third-order valence-electron chi connectivity index (χ3n) is 2.82. The summed E-state index contributed by atoms with van der Waals surface area (Å²) in [6, 6.07) is -0.00347. The van der Waals surface area contributed by atoms with E-state index in [1.54, 1.807) is 4.90 Å². The predicted molar refractivity (Wildman–Crippen MR) is 53.5 cm³/mol. The van der Waals surface area contributed by atoms with Crippen molar-refractivity contribution in [2.24, 2.45) is 5.41 Å². The zero-order valence-corrected chi connectivity index (χ0v) is 9.05. The highest BCUT2D eigenvalue weighted by Crippen LogP contribution is 2.30. The van der Waals surface area contributed by atoms with Crippen LogP contribution in [0.25, 0.3) is 0 Å². The number of hydrogen-bond donors (Lipinski definition) is 1. The molecule has 0 radical (unpaired) electrons. The van der Waals surface area contributed by atoms with Gasteiger partial charge in [0.05, 0.1) is 6.04 Å². The van der Waals surface area contributed by atoms with Gasteiger partial charge in [-0.05, 0) is 24.8 Å². The fourth-order valence-corrected chi connectivity index (χ4v) is 1.89. The van der Waals surface area contributed by atoms with E-state index in [0.29, 0.717) is 0 Å². The summed E-state index contributed by atoms with van der Waals surface area (Å²) >= 11 is 0. The molecule has 1 aliphatic heterocycles. The zero-order chi connectivity index (χ0) is 10.1. The monoisotopic (exact) mass is 184 g/mol. The molecule has 13 heavy (non-hydrogen) atoms. The number of piperidine rings is 1. The standard InChI is InChI=1S/C10H20N2O/c1-10(2)6-5-7-11-8(10)9(13)12(3)4/h8,11H,5-7H2,1-4H3. The SMILES string of the molecule is CN(C)C(=O)C1NCCCC1(C)C. The molecule has 0 spiro atoms. The van der Waals surface area contributed by atoms with Gasteiger partial charge in [-0.1, -0.05) is 13.8 Å². The van der Waals surface area contributed by atoms with E-state index in [1.807, 2.05) is 14.1 Å². The average Bonchev–Trinajstić information content (AvgIpc) is 2.02. The van der Waals surface area contributed by atoms with Crippen molar-refractivity contribution in [2.75, 3.05) is 20.6 Å². The van der Waals surface area contributed by atoms with Crippen molar-refractivity contribution in [3.8, 4) is 0 Å². The molecule has 1 N–H and O–H groups in total. The van der Waals surface area contributed by atoms with Crippen LogP contribution in [0, 0.1) is 5.41 Å². The second-order valence-corrected chi connectivity index (χ2v) is 4.71. The molecule has 1 amide bonds. The summed E-state index contributed by atoms with van der Waals surface area (Å²) in [4.78, 5) is 13.4. The Morgan fingerprint density at radius 3 is 2.54 bits per heavy atom. The smallest absolute Gasteiger partial charge is 0.239 e. The molecule has 1 rings (SSSR count). The molecular weight excluding hydrogens is 164 g/mol. The summed E-state index contributed by atoms with van der Waals surface area (Å²) in [6.07, 6.45) is 2.30. The normalized spacial score (nSPS) is 26.9. The number of carbonyl (C=O) groups excluding carboxylic acids is 1. The van der Waals surface area contributed by atoms with E-state index in [0.717, 1.165) is 13.0 Å². The Balaban J connectivity index is 2.71. The fourth-order valence-electron chi connectivity index (χ4n) is 1.89. The lowest BCUT2D eigenvalue weighted by Crippen LogP contribution is -2.55. The maximum atomic E-state index is 11.8. The molecule has 0 saturated carbocycles. The fraction of sp³-hybridized carbons (Fsp3) is 0.900. The van der Waals surface area contributed by atoms with E-state index < -0.39 is 0 Å². The molecule has 1 heterocycles. The Kier molecular flexibility index (Phi) is 2.96. The molecule has 1 saturated heterocycles. The van der Waals surface area contributed by atoms with Crippen molar-refractivity contribution in [1.29, 1.82) is 0 Å². The van der Waals surface area contributed by atoms with Crippen LogP contribution < -0.4 is 5.32 Å². The van der Waals surface area contributed by atoms with E-state index in [4.69, 9.17) is 0 Å². The summed E-state index contributed by atoms with van der Waals surface area (Å²) in [6.45, 7) is 5.28. The molecule has 0 aromatic carbocycles. The van der Waals surface area contributed by atoms with Gasteiger partial charge in [0, 0.05) is 14.1 Å². The Morgan fingerprint density at radius 2 is 2.08 bits per heavy atom. The predicted octanol–water partition coefficient (Wildman–Crippen LogP) is 0.853. The summed E-state index contributed by atoms with van der Waals surface area (Å²) in [5, 5.41) is 3.30. The highest BCUT2D eigenvalue weighted by atomic mass is 16.2. The molecule has 0 aliphatic carbocycles. The number of carbonyl (C=O) groups is 1. The molecule has 1 aliphatic rings. The minimum Gasteiger partial charge on any atom is -0.347 e. The van der Waals surface area contributed by atoms with Crippen LogP contribution in [0.5, 0.6) is 0 Å². The molecule has 1 atom stereocenters. The van der Waals surface area contributed by atoms with Crippen LogP contribution in [0.15, 0.2) is 0 Å². The highest BCUT2D eigenvalue weighted by molar-refractivity contribution is 5.82. The first-order valence-corrected chi connectivity index (χ1v) is 4.90. The van der Waals surface area contributed by atoms with Crippen molar-refractivity contribution < 1.29 is 4.79 Å². The number of nitrogens with one attached hydrogen (secondary N) is 1. The van der Waals surface area contributed by atoms with Crippen LogP contribution in [-0.4, -0.2) is 37.5 Å². The van der Waals surface area contributed by atoms with Gasteiger partial charge in [-0.2, -0.15) is 0 Å². The van der Waals surface area contributed by atoms with Crippen LogP contribution >= 0.6 is 0 Å². The van der Waals surface area contributed by atoms with Crippen LogP contribution in [0.1, 0.15) is 26.7 Å². The molecule has 1 unspecified atom stereocenters. The number of likely N-dealkylation sites (N-methyl/N-ethyl adjacent to an activating group) is 1. The first-order chi connectivity index (χ1) is 5.95. The molecule has 0 aromatic heterocycles. The van der Waals surface area contributed by atoms with E-state index in [-0.39, 0.29) is 17.4 Å². The highest BCUT2D eigenvalue weighted by Gasteiger charge is 2.37. The van der Waals surface area contributed by atoms with Gasteiger partial charge in [-0.15, -0.1) is 0 Å². The average molecular weight is 184 g/mol. The molecule has 3 nitrogen and oxygen atoms in total. The largest absolute Gasteiger partial charge is 0.347 e. The lowest BCUT2D eigenvalue weighted by molar-refractivity contribution is -0.134. The number of hydrogen-bond acceptors (Lipinski definition) is 2. The van der Waals surface area contributed by atoms with Gasteiger partial charge < -0.3 is 10.2 Å². The summed E-state index contributed by atoms with van der Waals surface area (Å²) in [7, 11) is 3.63. The van der Waals surface area contributed by atoms with Gasteiger partial charge >= 0.3 is 0 Å². The minimum atomic E-state index is -0.00347. The Labute approximate surface area is 80.5 Å². The van der Waals surface area contributed by atoms with E-state index >= 15 is 0 Å². The molecule has 1 fully saturated rings. The Bertz CT molecular complexity index is 199. The van der Waals surface area contributed by atoms with E-state index in [1.165, 1.54) is 6.42 Å². The first kappa shape index (κ1) is 10.5. The molecule has 0 aromatic rings. The summed E-state index contributed by atoms with van der Waals surface area (Å²) < 4.78 is 0. The van der Waals surface area contributed by atoms with Crippen LogP contribution in [0.4, 0.5) is 0 Å². The van der Waals surface area contributed by atoms with Crippen LogP contribution in [-0.2, 0) is 4.79 Å². The van der Waals surface area contributed by atoms with Crippen LogP contribution in [0.2, 0.25) is 0 Å². The zero-order valence-electron chi connectivity index (χ0n) is 9.05. The third-order valence-corrected chi connectivity index (χ3v) is 2.82. The van der Waals surface area contributed by atoms with Crippen molar-refractivity contribution in [3.05, 3.63) is 0 Å². The maximum absolute atomic E-state index is 11.8. The molecule has 76 valence electrons. The lowest BCUT2D eigenvalue weighted by atomic mass is 9.77. The second-order valence-electron chi connectivity index (χ2n) is 4.71. The van der Waals surface area contributed by atoms with Gasteiger partial charge in [0.2, 0.25) is 5.91 Å². The molecule has 0 bridgehead atoms. The topological polar surface area (TPSA) is 32.3 Å². The number of amides is 1. The van der Waals surface area contributed by atoms with Gasteiger partial charge in [0.25, 0.3) is 0 Å². The first-order valence-electron chi connectivity index (χ1n) is 4.90. The van der Waals surface area contributed by atoms with Crippen LogP contribution in [0.3, 0.4) is 0 Å². The molecular formula is C10H20N2O. The number of nitrogens with zero attached hydrogens (tertiary/aromatic N) is 1. The second kappa shape index (κ2) is 3.66. The molecule has 3 heteroatoms. The van der Waals surface area contributed by atoms with E-state index in [9.17, 15) is 4.79 Å². The van der Waals surface area contributed by atoms with E-state index in [2.05, 4.69) is 19.2 Å². The van der Waals surface area contributed by atoms with Crippen molar-refractivity contribution in [2.45, 2.75) is 32.7 Å². The van der Waals surface area contributed by atoms with Crippen molar-refractivity contribution >= 4 is 5.91 Å². The lowest BCUT2D eigenvalue weighted by Gasteiger charge is -2.39. The maximum Gasteiger partial charge on any atom is 0.239 e. The van der Waals surface area contributed by atoms with Gasteiger partial charge in [-0.25, -0.2) is 0 Å². The quantitative estimate of drug-likeness (QED) is 0.655. The minimum absolute atomic E-state index is 0.00347. The Morgan fingerprint density at radius 1 is 1.46 bits per heavy atom. The van der Waals surface area contributed by atoms with Gasteiger partial charge in [0.15, 0.2) is 0 Å². The third kappa shape index (κ3) is 2.21. The van der Waals surface area contributed by atoms with Crippen molar-refractivity contribution in [1.82, 2.24) is 10.2 Å². The Hall–Kier alpha value is -0.570. The summed E-state index contributed by atoms with van der Waals surface area (Å²) in [5.74, 6) is 0.199. The summed E-state index contributed by atoms with van der Waals surface area (Å²) in [5.41, 5.74) is 0.0968. The van der Waals surface area contributed by atoms with Gasteiger partial charge in [-0.3, -0.25) is 4.79 Å². The van der Waals surface area contributed by atoms with Gasteiger partial charge in [0.1, 0.15) is 0 Å². The van der Waals surface area contributed by atoms with Crippen molar-refractivity contribution in [3.63, 3.8) is 0 Å². The number of rotatable bonds is 1.